The third-order valence-electron chi connectivity index (χ3n) is 3.98. The molecule has 122 valence electrons. The van der Waals surface area contributed by atoms with Gasteiger partial charge in [-0.3, -0.25) is 9.59 Å². The van der Waals surface area contributed by atoms with Crippen molar-refractivity contribution in [1.29, 1.82) is 0 Å². The molecular weight excluding hydrogens is 284 g/mol. The first-order valence-corrected chi connectivity index (χ1v) is 7.55. The van der Waals surface area contributed by atoms with Crippen LogP contribution in [0.2, 0.25) is 0 Å². The Morgan fingerprint density at radius 1 is 1.55 bits per heavy atom. The molecule has 0 aliphatic carbocycles. The van der Waals surface area contributed by atoms with Crippen molar-refractivity contribution in [3.63, 3.8) is 0 Å². The molecule has 0 unspecified atom stereocenters. The topological polar surface area (TPSA) is 119 Å². The van der Waals surface area contributed by atoms with E-state index < -0.39 is 6.04 Å². The van der Waals surface area contributed by atoms with Gasteiger partial charge in [0.15, 0.2) is 5.95 Å². The van der Waals surface area contributed by atoms with E-state index in [1.807, 2.05) is 4.57 Å². The predicted molar refractivity (Wildman–Crippen MR) is 82.7 cm³/mol. The first-order valence-electron chi connectivity index (χ1n) is 7.55. The van der Waals surface area contributed by atoms with Gasteiger partial charge in [-0.15, -0.1) is 0 Å². The van der Waals surface area contributed by atoms with Crippen molar-refractivity contribution < 1.29 is 9.59 Å². The first-order chi connectivity index (χ1) is 10.5. The Morgan fingerprint density at radius 2 is 2.32 bits per heavy atom. The third kappa shape index (κ3) is 4.20. The van der Waals surface area contributed by atoms with E-state index in [0.717, 1.165) is 12.8 Å². The fraction of sp³-hybridized carbons (Fsp3) is 0.643. The molecule has 5 N–H and O–H groups in total. The summed E-state index contributed by atoms with van der Waals surface area (Å²) in [5.41, 5.74) is 11.6. The SMILES string of the molecule is CC(=O)N1CC[C@@H](NC(=O)[C@@H](N)CCCn2ccnc2N)C1. The van der Waals surface area contributed by atoms with Gasteiger partial charge in [-0.05, 0) is 19.3 Å². The van der Waals surface area contributed by atoms with Crippen LogP contribution in [-0.4, -0.2) is 51.4 Å². The second kappa shape index (κ2) is 7.26. The van der Waals surface area contributed by atoms with E-state index in [1.165, 1.54) is 6.92 Å². The molecule has 1 aromatic rings. The zero-order valence-electron chi connectivity index (χ0n) is 12.9. The number of carbonyl (C=O) groups is 2. The number of imidazole rings is 1. The van der Waals surface area contributed by atoms with Gasteiger partial charge in [0.1, 0.15) is 0 Å². The maximum absolute atomic E-state index is 12.1. The van der Waals surface area contributed by atoms with Crippen LogP contribution in [0.4, 0.5) is 5.95 Å². The average Bonchev–Trinajstić information content (AvgIpc) is 3.08. The second-order valence-electron chi connectivity index (χ2n) is 5.69. The minimum absolute atomic E-state index is 0.00624. The van der Waals surface area contributed by atoms with Crippen molar-refractivity contribution in [2.75, 3.05) is 18.8 Å². The zero-order valence-corrected chi connectivity index (χ0v) is 12.9. The van der Waals surface area contributed by atoms with Gasteiger partial charge in [0.25, 0.3) is 0 Å². The molecule has 2 rings (SSSR count). The van der Waals surface area contributed by atoms with Crippen LogP contribution in [0.3, 0.4) is 0 Å². The summed E-state index contributed by atoms with van der Waals surface area (Å²) in [6, 6.07) is -0.539. The normalized spacial score (nSPS) is 19.2. The number of amides is 2. The number of nitrogens with zero attached hydrogens (tertiary/aromatic N) is 3. The molecule has 1 fully saturated rings. The number of nitrogens with one attached hydrogen (secondary N) is 1. The van der Waals surface area contributed by atoms with Crippen molar-refractivity contribution in [3.8, 4) is 0 Å². The predicted octanol–water partition coefficient (Wildman–Crippen LogP) is -0.690. The summed E-state index contributed by atoms with van der Waals surface area (Å²) in [5, 5.41) is 2.92. The summed E-state index contributed by atoms with van der Waals surface area (Å²) in [4.78, 5) is 29.0. The summed E-state index contributed by atoms with van der Waals surface area (Å²) in [6.45, 7) is 3.49. The first kappa shape index (κ1) is 16.3. The van der Waals surface area contributed by atoms with Gasteiger partial charge in [0.05, 0.1) is 6.04 Å². The number of hydrogen-bond donors (Lipinski definition) is 3. The quantitative estimate of drug-likeness (QED) is 0.642. The van der Waals surface area contributed by atoms with Crippen molar-refractivity contribution in [3.05, 3.63) is 12.4 Å². The molecule has 2 heterocycles. The fourth-order valence-corrected chi connectivity index (χ4v) is 2.61. The van der Waals surface area contributed by atoms with Gasteiger partial charge in [0.2, 0.25) is 11.8 Å². The van der Waals surface area contributed by atoms with E-state index >= 15 is 0 Å². The standard InChI is InChI=1S/C14H24N6O2/c1-10(21)20-7-4-11(9-20)18-13(22)12(15)3-2-6-19-8-5-17-14(19)16/h5,8,11-12H,2-4,6-7,9,15H2,1H3,(H2,16,17)(H,18,22)/t11-,12+/m1/s1. The van der Waals surface area contributed by atoms with Crippen molar-refractivity contribution in [2.24, 2.45) is 5.73 Å². The molecular formula is C14H24N6O2. The van der Waals surface area contributed by atoms with Gasteiger partial charge in [-0.25, -0.2) is 4.98 Å². The van der Waals surface area contributed by atoms with E-state index in [1.54, 1.807) is 17.3 Å². The zero-order chi connectivity index (χ0) is 16.1. The van der Waals surface area contributed by atoms with Crippen LogP contribution in [0.1, 0.15) is 26.2 Å². The van der Waals surface area contributed by atoms with E-state index in [4.69, 9.17) is 11.5 Å². The van der Waals surface area contributed by atoms with Crippen LogP contribution in [-0.2, 0) is 16.1 Å². The molecule has 22 heavy (non-hydrogen) atoms. The molecule has 2 amide bonds. The monoisotopic (exact) mass is 308 g/mol. The Balaban J connectivity index is 1.69. The number of aryl methyl sites for hydroxylation is 1. The number of nitrogen functional groups attached to an aromatic ring is 1. The van der Waals surface area contributed by atoms with Crippen molar-refractivity contribution in [2.45, 2.75) is 44.8 Å². The second-order valence-corrected chi connectivity index (χ2v) is 5.69. The van der Waals surface area contributed by atoms with E-state index in [-0.39, 0.29) is 17.9 Å². The Bertz CT molecular complexity index is 529. The fourth-order valence-electron chi connectivity index (χ4n) is 2.61. The van der Waals surface area contributed by atoms with Crippen LogP contribution in [0.15, 0.2) is 12.4 Å². The Morgan fingerprint density at radius 3 is 2.91 bits per heavy atom. The van der Waals surface area contributed by atoms with Gasteiger partial charge in [0, 0.05) is 45.0 Å². The lowest BCUT2D eigenvalue weighted by molar-refractivity contribution is -0.128. The number of rotatable bonds is 6. The molecule has 1 saturated heterocycles. The molecule has 1 aliphatic rings. The maximum atomic E-state index is 12.1. The number of carbonyl (C=O) groups excluding carboxylic acids is 2. The molecule has 2 atom stereocenters. The van der Waals surface area contributed by atoms with Gasteiger partial charge >= 0.3 is 0 Å². The van der Waals surface area contributed by atoms with Crippen LogP contribution < -0.4 is 16.8 Å². The molecule has 0 radical (unpaired) electrons. The number of hydrogen-bond acceptors (Lipinski definition) is 5. The molecule has 0 saturated carbocycles. The minimum Gasteiger partial charge on any atom is -0.369 e. The van der Waals surface area contributed by atoms with Crippen LogP contribution in [0.25, 0.3) is 0 Å². The maximum Gasteiger partial charge on any atom is 0.237 e. The summed E-state index contributed by atoms with van der Waals surface area (Å²) in [6.07, 6.45) is 5.55. The van der Waals surface area contributed by atoms with Crippen molar-refractivity contribution >= 4 is 17.8 Å². The molecule has 0 aromatic carbocycles. The summed E-state index contributed by atoms with van der Waals surface area (Å²) >= 11 is 0. The van der Waals surface area contributed by atoms with Crippen LogP contribution >= 0.6 is 0 Å². The Labute approximate surface area is 129 Å². The summed E-state index contributed by atoms with van der Waals surface area (Å²) in [5.74, 6) is 0.348. The number of aromatic nitrogens is 2. The largest absolute Gasteiger partial charge is 0.369 e. The van der Waals surface area contributed by atoms with Gasteiger partial charge < -0.3 is 26.3 Å². The molecule has 1 aliphatic heterocycles. The summed E-state index contributed by atoms with van der Waals surface area (Å²) < 4.78 is 1.83. The lowest BCUT2D eigenvalue weighted by Gasteiger charge is -2.18. The third-order valence-corrected chi connectivity index (χ3v) is 3.98. The van der Waals surface area contributed by atoms with Crippen LogP contribution in [0.5, 0.6) is 0 Å². The smallest absolute Gasteiger partial charge is 0.237 e. The van der Waals surface area contributed by atoms with Crippen molar-refractivity contribution in [1.82, 2.24) is 19.8 Å². The lowest BCUT2D eigenvalue weighted by Crippen LogP contribution is -2.46. The molecule has 0 spiro atoms. The Kier molecular flexibility index (Phi) is 5.37. The van der Waals surface area contributed by atoms with E-state index in [0.29, 0.717) is 32.0 Å². The minimum atomic E-state index is -0.545. The van der Waals surface area contributed by atoms with Gasteiger partial charge in [-0.1, -0.05) is 0 Å². The highest BCUT2D eigenvalue weighted by molar-refractivity contribution is 5.82. The Hall–Kier alpha value is -2.09. The lowest BCUT2D eigenvalue weighted by atomic mass is 10.1. The number of anilines is 1. The molecule has 1 aromatic heterocycles. The highest BCUT2D eigenvalue weighted by Crippen LogP contribution is 2.10. The van der Waals surface area contributed by atoms with Crippen LogP contribution in [0, 0.1) is 0 Å². The molecule has 8 heteroatoms. The average molecular weight is 308 g/mol. The highest BCUT2D eigenvalue weighted by atomic mass is 16.2. The number of likely N-dealkylation sites (tertiary alicyclic amines) is 1. The summed E-state index contributed by atoms with van der Waals surface area (Å²) in [7, 11) is 0. The number of nitrogens with two attached hydrogens (primary N) is 2. The molecule has 8 nitrogen and oxygen atoms in total. The highest BCUT2D eigenvalue weighted by Gasteiger charge is 2.26. The molecule has 0 bridgehead atoms. The van der Waals surface area contributed by atoms with Gasteiger partial charge in [-0.2, -0.15) is 0 Å². The van der Waals surface area contributed by atoms with E-state index in [9.17, 15) is 9.59 Å². The van der Waals surface area contributed by atoms with E-state index in [2.05, 4.69) is 10.3 Å².